The summed E-state index contributed by atoms with van der Waals surface area (Å²) in [5.41, 5.74) is 1.36. The number of rotatable bonds is 6. The molecule has 0 atom stereocenters. The average Bonchev–Trinajstić information content (AvgIpc) is 3.21. The quantitative estimate of drug-likeness (QED) is 0.634. The Labute approximate surface area is 168 Å². The standard InChI is InChI=1S/C21H21N3O5/c1-26-16-9-14(10-17(27-2)18(16)28-3)21(25)24-11-15(12-24)20-22-19(23-29-20)13-7-5-4-6-8-13/h4-10,15H,11-12H2,1-3H3. The van der Waals surface area contributed by atoms with Gasteiger partial charge in [-0.05, 0) is 12.1 Å². The fourth-order valence-corrected chi connectivity index (χ4v) is 3.29. The highest BCUT2D eigenvalue weighted by Gasteiger charge is 2.36. The Morgan fingerprint density at radius 3 is 2.28 bits per heavy atom. The van der Waals surface area contributed by atoms with Crippen molar-refractivity contribution in [3.8, 4) is 28.6 Å². The summed E-state index contributed by atoms with van der Waals surface area (Å²) in [6.07, 6.45) is 0. The SMILES string of the molecule is COc1cc(C(=O)N2CC(c3nc(-c4ccccc4)no3)C2)cc(OC)c1OC. The number of carbonyl (C=O) groups is 1. The lowest BCUT2D eigenvalue weighted by Crippen LogP contribution is -2.48. The second-order valence-electron chi connectivity index (χ2n) is 6.64. The zero-order valence-corrected chi connectivity index (χ0v) is 16.4. The molecule has 0 N–H and O–H groups in total. The van der Waals surface area contributed by atoms with E-state index in [1.165, 1.54) is 21.3 Å². The predicted octanol–water partition coefficient (Wildman–Crippen LogP) is 3.00. The lowest BCUT2D eigenvalue weighted by atomic mass is 9.98. The highest BCUT2D eigenvalue weighted by Crippen LogP contribution is 2.39. The lowest BCUT2D eigenvalue weighted by molar-refractivity contribution is 0.0568. The minimum Gasteiger partial charge on any atom is -0.493 e. The van der Waals surface area contributed by atoms with Crippen molar-refractivity contribution in [3.05, 3.63) is 53.9 Å². The number of nitrogens with zero attached hydrogens (tertiary/aromatic N) is 3. The molecule has 0 unspecified atom stereocenters. The molecule has 1 aliphatic heterocycles. The topological polar surface area (TPSA) is 86.9 Å². The Kier molecular flexibility index (Phi) is 5.07. The first-order chi connectivity index (χ1) is 14.1. The molecule has 1 aliphatic rings. The van der Waals surface area contributed by atoms with Crippen LogP contribution in [0.25, 0.3) is 11.4 Å². The molecule has 0 spiro atoms. The van der Waals surface area contributed by atoms with Gasteiger partial charge in [0.2, 0.25) is 17.5 Å². The minimum absolute atomic E-state index is 0.0194. The molecule has 3 aromatic rings. The van der Waals surface area contributed by atoms with Crippen LogP contribution in [-0.2, 0) is 0 Å². The number of amides is 1. The van der Waals surface area contributed by atoms with Crippen LogP contribution in [0.5, 0.6) is 17.2 Å². The molecule has 0 aliphatic carbocycles. The number of aromatic nitrogens is 2. The van der Waals surface area contributed by atoms with Crippen LogP contribution in [0.3, 0.4) is 0 Å². The van der Waals surface area contributed by atoms with E-state index in [2.05, 4.69) is 10.1 Å². The van der Waals surface area contributed by atoms with Crippen molar-refractivity contribution in [2.24, 2.45) is 0 Å². The largest absolute Gasteiger partial charge is 0.493 e. The van der Waals surface area contributed by atoms with Gasteiger partial charge in [-0.3, -0.25) is 4.79 Å². The maximum Gasteiger partial charge on any atom is 0.254 e. The van der Waals surface area contributed by atoms with E-state index in [0.717, 1.165) is 5.56 Å². The van der Waals surface area contributed by atoms with Crippen LogP contribution in [0.2, 0.25) is 0 Å². The summed E-state index contributed by atoms with van der Waals surface area (Å²) in [6.45, 7) is 1.01. The summed E-state index contributed by atoms with van der Waals surface area (Å²) < 4.78 is 21.4. The van der Waals surface area contributed by atoms with E-state index in [1.807, 2.05) is 30.3 Å². The number of hydrogen-bond donors (Lipinski definition) is 0. The van der Waals surface area contributed by atoms with Crippen molar-refractivity contribution in [2.45, 2.75) is 5.92 Å². The molecule has 29 heavy (non-hydrogen) atoms. The van der Waals surface area contributed by atoms with Gasteiger partial charge in [0.05, 0.1) is 27.2 Å². The first kappa shape index (κ1) is 18.8. The summed E-state index contributed by atoms with van der Waals surface area (Å²) >= 11 is 0. The molecular formula is C21H21N3O5. The number of carbonyl (C=O) groups excluding carboxylic acids is 1. The van der Waals surface area contributed by atoms with Crippen molar-refractivity contribution >= 4 is 5.91 Å². The van der Waals surface area contributed by atoms with E-state index in [-0.39, 0.29) is 11.8 Å². The number of likely N-dealkylation sites (tertiary alicyclic amines) is 1. The van der Waals surface area contributed by atoms with Crippen LogP contribution in [0.4, 0.5) is 0 Å². The van der Waals surface area contributed by atoms with Gasteiger partial charge in [-0.2, -0.15) is 4.98 Å². The molecule has 1 fully saturated rings. The van der Waals surface area contributed by atoms with Crippen LogP contribution in [0.1, 0.15) is 22.2 Å². The van der Waals surface area contributed by atoms with Crippen LogP contribution in [0, 0.1) is 0 Å². The van der Waals surface area contributed by atoms with E-state index in [4.69, 9.17) is 18.7 Å². The van der Waals surface area contributed by atoms with Crippen LogP contribution < -0.4 is 14.2 Å². The van der Waals surface area contributed by atoms with Gasteiger partial charge in [0, 0.05) is 24.2 Å². The number of hydrogen-bond acceptors (Lipinski definition) is 7. The normalized spacial score (nSPS) is 13.7. The van der Waals surface area contributed by atoms with Gasteiger partial charge in [0.15, 0.2) is 11.5 Å². The Hall–Kier alpha value is -3.55. The van der Waals surface area contributed by atoms with E-state index in [0.29, 0.717) is 47.6 Å². The minimum atomic E-state index is -0.122. The zero-order chi connectivity index (χ0) is 20.4. The second-order valence-corrected chi connectivity index (χ2v) is 6.64. The third-order valence-corrected chi connectivity index (χ3v) is 4.90. The molecule has 1 amide bonds. The molecular weight excluding hydrogens is 374 g/mol. The van der Waals surface area contributed by atoms with E-state index >= 15 is 0 Å². The molecule has 2 aromatic carbocycles. The van der Waals surface area contributed by atoms with Gasteiger partial charge in [0.1, 0.15) is 0 Å². The Morgan fingerprint density at radius 1 is 1.03 bits per heavy atom. The molecule has 8 nitrogen and oxygen atoms in total. The average molecular weight is 395 g/mol. The van der Waals surface area contributed by atoms with E-state index in [1.54, 1.807) is 17.0 Å². The lowest BCUT2D eigenvalue weighted by Gasteiger charge is -2.37. The summed E-state index contributed by atoms with van der Waals surface area (Å²) in [7, 11) is 4.56. The monoisotopic (exact) mass is 395 g/mol. The van der Waals surface area contributed by atoms with Crippen LogP contribution in [0.15, 0.2) is 47.0 Å². The molecule has 4 rings (SSSR count). The van der Waals surface area contributed by atoms with Crippen molar-refractivity contribution in [1.29, 1.82) is 0 Å². The van der Waals surface area contributed by atoms with Gasteiger partial charge < -0.3 is 23.6 Å². The highest BCUT2D eigenvalue weighted by molar-refractivity contribution is 5.96. The van der Waals surface area contributed by atoms with Crippen molar-refractivity contribution in [3.63, 3.8) is 0 Å². The van der Waals surface area contributed by atoms with Crippen molar-refractivity contribution in [2.75, 3.05) is 34.4 Å². The number of methoxy groups -OCH3 is 3. The molecule has 0 radical (unpaired) electrons. The van der Waals surface area contributed by atoms with Crippen molar-refractivity contribution < 1.29 is 23.5 Å². The van der Waals surface area contributed by atoms with E-state index < -0.39 is 0 Å². The Balaban J connectivity index is 1.46. The summed E-state index contributed by atoms with van der Waals surface area (Å²) in [4.78, 5) is 19.1. The summed E-state index contributed by atoms with van der Waals surface area (Å²) in [5.74, 6) is 2.32. The molecule has 0 saturated carbocycles. The molecule has 0 bridgehead atoms. The third kappa shape index (κ3) is 3.49. The third-order valence-electron chi connectivity index (χ3n) is 4.90. The number of ether oxygens (including phenoxy) is 3. The van der Waals surface area contributed by atoms with Crippen molar-refractivity contribution in [1.82, 2.24) is 15.0 Å². The van der Waals surface area contributed by atoms with Gasteiger partial charge >= 0.3 is 0 Å². The first-order valence-electron chi connectivity index (χ1n) is 9.13. The molecule has 1 aromatic heterocycles. The zero-order valence-electron chi connectivity index (χ0n) is 16.4. The second kappa shape index (κ2) is 7.83. The summed E-state index contributed by atoms with van der Waals surface area (Å²) in [6, 6.07) is 12.9. The van der Waals surface area contributed by atoms with Gasteiger partial charge in [-0.1, -0.05) is 35.5 Å². The van der Waals surface area contributed by atoms with Gasteiger partial charge in [0.25, 0.3) is 5.91 Å². The number of benzene rings is 2. The molecule has 8 heteroatoms. The van der Waals surface area contributed by atoms with Gasteiger partial charge in [-0.15, -0.1) is 0 Å². The highest BCUT2D eigenvalue weighted by atomic mass is 16.5. The van der Waals surface area contributed by atoms with Crippen LogP contribution >= 0.6 is 0 Å². The van der Waals surface area contributed by atoms with Crippen LogP contribution in [-0.4, -0.2) is 55.4 Å². The maximum atomic E-state index is 12.9. The smallest absolute Gasteiger partial charge is 0.254 e. The fraction of sp³-hybridized carbons (Fsp3) is 0.286. The Morgan fingerprint density at radius 2 is 1.69 bits per heavy atom. The van der Waals surface area contributed by atoms with E-state index in [9.17, 15) is 4.79 Å². The summed E-state index contributed by atoms with van der Waals surface area (Å²) in [5, 5.41) is 4.05. The van der Waals surface area contributed by atoms with Gasteiger partial charge in [-0.25, -0.2) is 0 Å². The maximum absolute atomic E-state index is 12.9. The first-order valence-corrected chi connectivity index (χ1v) is 9.13. The fourth-order valence-electron chi connectivity index (χ4n) is 3.29. The molecule has 1 saturated heterocycles. The predicted molar refractivity (Wildman–Crippen MR) is 104 cm³/mol. The Bertz CT molecular complexity index is 987. The molecule has 150 valence electrons. The molecule has 2 heterocycles.